The maximum absolute atomic E-state index is 12.4. The molecule has 4 nitrogen and oxygen atoms in total. The molecule has 2 N–H and O–H groups in total. The summed E-state index contributed by atoms with van der Waals surface area (Å²) in [4.78, 5) is 13.6. The predicted molar refractivity (Wildman–Crippen MR) is 95.0 cm³/mol. The second-order valence-electron chi connectivity index (χ2n) is 7.12. The molecule has 1 unspecified atom stereocenters. The number of nitrogens with zero attached hydrogens (tertiary/aromatic N) is 2. The molecule has 0 aliphatic carbocycles. The first-order valence-electron chi connectivity index (χ1n) is 8.95. The molecule has 1 amide bonds. The Labute approximate surface area is 150 Å². The molecule has 0 radical (unpaired) electrons. The summed E-state index contributed by atoms with van der Waals surface area (Å²) in [6.45, 7) is 3.52. The fourth-order valence-electron chi connectivity index (χ4n) is 3.91. The van der Waals surface area contributed by atoms with Crippen LogP contribution >= 0.6 is 0 Å². The Morgan fingerprint density at radius 1 is 1.27 bits per heavy atom. The molecule has 26 heavy (non-hydrogen) atoms. The highest BCUT2D eigenvalue weighted by atomic mass is 19.4. The molecule has 1 aliphatic heterocycles. The average Bonchev–Trinajstić information content (AvgIpc) is 2.99. The van der Waals surface area contributed by atoms with Gasteiger partial charge in [0.15, 0.2) is 0 Å². The molecule has 1 fully saturated rings. The third-order valence-electron chi connectivity index (χ3n) is 5.47. The van der Waals surface area contributed by atoms with Gasteiger partial charge in [-0.15, -0.1) is 0 Å². The zero-order chi connectivity index (χ0) is 18.9. The SMILES string of the molecule is CC(C1CCN(CCC(F)(F)F)CC1)n1cc(C(N)=O)c2ccccc21. The van der Waals surface area contributed by atoms with Crippen molar-refractivity contribution >= 4 is 16.8 Å². The molecule has 1 atom stereocenters. The molecule has 7 heteroatoms. The Balaban J connectivity index is 1.70. The maximum Gasteiger partial charge on any atom is 0.390 e. The van der Waals surface area contributed by atoms with Gasteiger partial charge in [-0.05, 0) is 44.8 Å². The van der Waals surface area contributed by atoms with Crippen molar-refractivity contribution in [2.75, 3.05) is 19.6 Å². The molecule has 0 spiro atoms. The largest absolute Gasteiger partial charge is 0.390 e. The topological polar surface area (TPSA) is 51.3 Å². The lowest BCUT2D eigenvalue weighted by Crippen LogP contribution is -2.38. The minimum Gasteiger partial charge on any atom is -0.366 e. The Kier molecular flexibility index (Phi) is 5.27. The summed E-state index contributed by atoms with van der Waals surface area (Å²) < 4.78 is 39.2. The maximum atomic E-state index is 12.4. The number of alkyl halides is 3. The molecule has 3 rings (SSSR count). The molecule has 1 aliphatic rings. The van der Waals surface area contributed by atoms with E-state index in [1.807, 2.05) is 35.4 Å². The second-order valence-corrected chi connectivity index (χ2v) is 7.12. The van der Waals surface area contributed by atoms with Gasteiger partial charge in [0.05, 0.1) is 12.0 Å². The quantitative estimate of drug-likeness (QED) is 0.869. The molecule has 0 bridgehead atoms. The lowest BCUT2D eigenvalue weighted by atomic mass is 9.90. The minimum atomic E-state index is -4.10. The molecule has 1 aromatic heterocycles. The number of benzene rings is 1. The number of hydrogen-bond acceptors (Lipinski definition) is 2. The third-order valence-corrected chi connectivity index (χ3v) is 5.47. The lowest BCUT2D eigenvalue weighted by molar-refractivity contribution is -0.138. The highest BCUT2D eigenvalue weighted by Crippen LogP contribution is 2.33. The highest BCUT2D eigenvalue weighted by molar-refractivity contribution is 6.06. The van der Waals surface area contributed by atoms with Crippen molar-refractivity contribution in [2.24, 2.45) is 11.7 Å². The molecule has 142 valence electrons. The summed E-state index contributed by atoms with van der Waals surface area (Å²) in [6.07, 6.45) is -1.35. The molecular formula is C19H24F3N3O. The van der Waals surface area contributed by atoms with Crippen LogP contribution in [-0.4, -0.2) is 41.2 Å². The number of nitrogens with two attached hydrogens (primary N) is 1. The van der Waals surface area contributed by atoms with Crippen LogP contribution in [0.5, 0.6) is 0 Å². The Morgan fingerprint density at radius 2 is 1.92 bits per heavy atom. The van der Waals surface area contributed by atoms with E-state index in [0.717, 1.165) is 23.7 Å². The summed E-state index contributed by atoms with van der Waals surface area (Å²) >= 11 is 0. The van der Waals surface area contributed by atoms with E-state index in [1.54, 1.807) is 0 Å². The number of hydrogen-bond donors (Lipinski definition) is 1. The number of aromatic nitrogens is 1. The van der Waals surface area contributed by atoms with E-state index in [1.165, 1.54) is 0 Å². The van der Waals surface area contributed by atoms with Crippen LogP contribution in [0, 0.1) is 5.92 Å². The van der Waals surface area contributed by atoms with E-state index >= 15 is 0 Å². The van der Waals surface area contributed by atoms with Crippen LogP contribution in [0.25, 0.3) is 10.9 Å². The van der Waals surface area contributed by atoms with Crippen LogP contribution in [0.4, 0.5) is 13.2 Å². The summed E-state index contributed by atoms with van der Waals surface area (Å²) in [6, 6.07) is 7.81. The van der Waals surface area contributed by atoms with Crippen LogP contribution < -0.4 is 5.73 Å². The van der Waals surface area contributed by atoms with Gasteiger partial charge >= 0.3 is 6.18 Å². The van der Waals surface area contributed by atoms with Gasteiger partial charge in [-0.2, -0.15) is 13.2 Å². The Hall–Kier alpha value is -2.02. The zero-order valence-electron chi connectivity index (χ0n) is 14.8. The first-order valence-corrected chi connectivity index (χ1v) is 8.95. The zero-order valence-corrected chi connectivity index (χ0v) is 14.8. The summed E-state index contributed by atoms with van der Waals surface area (Å²) in [5.41, 5.74) is 6.98. The number of likely N-dealkylation sites (tertiary alicyclic amines) is 1. The third kappa shape index (κ3) is 4.03. The number of carbonyl (C=O) groups is 1. The smallest absolute Gasteiger partial charge is 0.366 e. The van der Waals surface area contributed by atoms with Crippen molar-refractivity contribution in [3.05, 3.63) is 36.0 Å². The van der Waals surface area contributed by atoms with Gasteiger partial charge in [-0.3, -0.25) is 4.79 Å². The number of para-hydroxylation sites is 1. The summed E-state index contributed by atoms with van der Waals surface area (Å²) in [5, 5.41) is 0.842. The van der Waals surface area contributed by atoms with E-state index < -0.39 is 18.5 Å². The first kappa shape index (κ1) is 18.8. The van der Waals surface area contributed by atoms with Crippen molar-refractivity contribution in [1.82, 2.24) is 9.47 Å². The second kappa shape index (κ2) is 7.31. The van der Waals surface area contributed by atoms with E-state index in [-0.39, 0.29) is 12.6 Å². The van der Waals surface area contributed by atoms with Crippen molar-refractivity contribution in [2.45, 2.75) is 38.4 Å². The van der Waals surface area contributed by atoms with E-state index in [0.29, 0.717) is 24.6 Å². The molecule has 1 aromatic carbocycles. The van der Waals surface area contributed by atoms with Gasteiger partial charge in [-0.1, -0.05) is 18.2 Å². The van der Waals surface area contributed by atoms with Gasteiger partial charge in [0.1, 0.15) is 0 Å². The average molecular weight is 367 g/mol. The number of primary amides is 1. The summed E-state index contributed by atoms with van der Waals surface area (Å²) in [5.74, 6) is -0.0946. The van der Waals surface area contributed by atoms with Crippen LogP contribution in [-0.2, 0) is 0 Å². The van der Waals surface area contributed by atoms with Crippen LogP contribution in [0.2, 0.25) is 0 Å². The molecule has 2 heterocycles. The van der Waals surface area contributed by atoms with Crippen molar-refractivity contribution in [3.8, 4) is 0 Å². The van der Waals surface area contributed by atoms with Gasteiger partial charge in [0.25, 0.3) is 5.91 Å². The molecular weight excluding hydrogens is 343 g/mol. The fraction of sp³-hybridized carbons (Fsp3) is 0.526. The van der Waals surface area contributed by atoms with Gasteiger partial charge in [-0.25, -0.2) is 0 Å². The van der Waals surface area contributed by atoms with Crippen LogP contribution in [0.15, 0.2) is 30.5 Å². The summed E-state index contributed by atoms with van der Waals surface area (Å²) in [7, 11) is 0. The number of halogens is 3. The monoisotopic (exact) mass is 367 g/mol. The molecule has 0 saturated carbocycles. The first-order chi connectivity index (χ1) is 12.3. The number of piperidine rings is 1. The van der Waals surface area contributed by atoms with E-state index in [4.69, 9.17) is 5.73 Å². The van der Waals surface area contributed by atoms with Crippen LogP contribution in [0.3, 0.4) is 0 Å². The number of rotatable bonds is 5. The van der Waals surface area contributed by atoms with Gasteiger partial charge < -0.3 is 15.2 Å². The number of carbonyl (C=O) groups excluding carboxylic acids is 1. The number of fused-ring (bicyclic) bond motifs is 1. The Morgan fingerprint density at radius 3 is 2.54 bits per heavy atom. The van der Waals surface area contributed by atoms with Crippen molar-refractivity contribution in [3.63, 3.8) is 0 Å². The van der Waals surface area contributed by atoms with Crippen LogP contribution in [0.1, 0.15) is 42.6 Å². The molecule has 2 aromatic rings. The van der Waals surface area contributed by atoms with E-state index in [2.05, 4.69) is 11.5 Å². The van der Waals surface area contributed by atoms with Crippen molar-refractivity contribution in [1.29, 1.82) is 0 Å². The fourth-order valence-corrected chi connectivity index (χ4v) is 3.91. The molecule has 1 saturated heterocycles. The normalized spacial score (nSPS) is 18.3. The minimum absolute atomic E-state index is 0.0723. The van der Waals surface area contributed by atoms with Gasteiger partial charge in [0.2, 0.25) is 0 Å². The lowest BCUT2D eigenvalue weighted by Gasteiger charge is -2.35. The predicted octanol–water partition coefficient (Wildman–Crippen LogP) is 3.97. The van der Waals surface area contributed by atoms with E-state index in [9.17, 15) is 18.0 Å². The van der Waals surface area contributed by atoms with Crippen molar-refractivity contribution < 1.29 is 18.0 Å². The Bertz CT molecular complexity index is 776. The standard InChI is InChI=1S/C19H24F3N3O/c1-13(14-6-9-24(10-7-14)11-8-19(20,21)22)25-12-16(18(23)26)15-4-2-3-5-17(15)25/h2-5,12-14H,6-11H2,1H3,(H2,23,26). The number of amides is 1. The highest BCUT2D eigenvalue weighted by Gasteiger charge is 2.30. The van der Waals surface area contributed by atoms with Gasteiger partial charge in [0, 0.05) is 29.7 Å².